The summed E-state index contributed by atoms with van der Waals surface area (Å²) >= 11 is 6.18. The summed E-state index contributed by atoms with van der Waals surface area (Å²) in [5, 5.41) is 10.3. The van der Waals surface area contributed by atoms with Crippen LogP contribution in [0, 0.1) is 0 Å². The predicted octanol–water partition coefficient (Wildman–Crippen LogP) is 3.99. The van der Waals surface area contributed by atoms with E-state index in [1.807, 2.05) is 25.1 Å². The van der Waals surface area contributed by atoms with Gasteiger partial charge in [-0.2, -0.15) is 0 Å². The molecule has 0 aliphatic rings. The summed E-state index contributed by atoms with van der Waals surface area (Å²) in [6.45, 7) is 1.72. The number of methoxy groups -OCH3 is 1. The third kappa shape index (κ3) is 6.08. The lowest BCUT2D eigenvalue weighted by atomic mass is 10.2. The summed E-state index contributed by atoms with van der Waals surface area (Å²) in [6.07, 6.45) is 2.65. The van der Waals surface area contributed by atoms with Crippen LogP contribution < -0.4 is 14.8 Å². The van der Waals surface area contributed by atoms with Crippen molar-refractivity contribution in [3.63, 3.8) is 0 Å². The highest BCUT2D eigenvalue weighted by Gasteiger charge is 2.13. The number of carbonyl (C=O) groups excluding carboxylic acids is 2. The third-order valence-corrected chi connectivity index (χ3v) is 4.27. The van der Waals surface area contributed by atoms with E-state index in [2.05, 4.69) is 15.5 Å². The number of hydrogen-bond donors (Lipinski definition) is 1. The summed E-state index contributed by atoms with van der Waals surface area (Å²) < 4.78 is 21.0. The van der Waals surface area contributed by atoms with E-state index in [9.17, 15) is 9.59 Å². The number of hydrogen-bond acceptors (Lipinski definition) is 8. The molecule has 0 radical (unpaired) electrons. The molecule has 0 aliphatic carbocycles. The molecule has 2 aromatic carbocycles. The molecule has 0 saturated carbocycles. The molecule has 0 bridgehead atoms. The third-order valence-electron chi connectivity index (χ3n) is 3.99. The molecule has 0 aliphatic heterocycles. The van der Waals surface area contributed by atoms with Crippen molar-refractivity contribution in [3.05, 3.63) is 59.1 Å². The van der Waals surface area contributed by atoms with Gasteiger partial charge in [0.05, 0.1) is 18.7 Å². The van der Waals surface area contributed by atoms with Gasteiger partial charge in [0.15, 0.2) is 18.1 Å². The largest absolute Gasteiger partial charge is 0.491 e. The number of aromatic nitrogens is 2. The highest BCUT2D eigenvalue weighted by Crippen LogP contribution is 2.36. The molecule has 166 valence electrons. The lowest BCUT2D eigenvalue weighted by molar-refractivity contribution is -0.142. The number of halogens is 1. The first-order chi connectivity index (χ1) is 15.5. The van der Waals surface area contributed by atoms with Gasteiger partial charge in [0.25, 0.3) is 5.91 Å². The van der Waals surface area contributed by atoms with Crippen LogP contribution in [0.4, 0.5) is 6.01 Å². The maximum absolute atomic E-state index is 12.0. The summed E-state index contributed by atoms with van der Waals surface area (Å²) in [5.74, 6) is -0.238. The molecule has 0 atom stereocenters. The van der Waals surface area contributed by atoms with E-state index in [1.54, 1.807) is 24.3 Å². The molecule has 0 fully saturated rings. The molecule has 1 heterocycles. The first-order valence-corrected chi connectivity index (χ1v) is 9.92. The van der Waals surface area contributed by atoms with Crippen molar-refractivity contribution < 1.29 is 28.2 Å². The second-order valence-corrected chi connectivity index (χ2v) is 6.64. The molecule has 1 amide bonds. The van der Waals surface area contributed by atoms with Gasteiger partial charge in [-0.3, -0.25) is 10.1 Å². The Bertz CT molecular complexity index is 1110. The Hall–Kier alpha value is -3.85. The van der Waals surface area contributed by atoms with Crippen LogP contribution in [0.1, 0.15) is 12.5 Å². The standard InChI is InChI=1S/C22H20ClN3O6/c1-3-30-17-12-14(11-16(23)20(17)29-2)9-10-19(28)31-13-18(27)24-22-26-25-21(32-22)15-7-5-4-6-8-15/h4-12H,3,13H2,1-2H3,(H,24,26,27). The number of carbonyl (C=O) groups is 2. The Morgan fingerprint density at radius 2 is 1.97 bits per heavy atom. The van der Waals surface area contributed by atoms with Crippen LogP contribution in [-0.2, 0) is 14.3 Å². The molecule has 1 aromatic heterocycles. The Labute approximate surface area is 188 Å². The summed E-state index contributed by atoms with van der Waals surface area (Å²) in [5.41, 5.74) is 1.31. The van der Waals surface area contributed by atoms with E-state index >= 15 is 0 Å². The maximum atomic E-state index is 12.0. The first kappa shape index (κ1) is 22.8. The number of ether oxygens (including phenoxy) is 3. The van der Waals surface area contributed by atoms with Gasteiger partial charge in [-0.1, -0.05) is 34.9 Å². The van der Waals surface area contributed by atoms with Crippen molar-refractivity contribution >= 4 is 35.6 Å². The minimum atomic E-state index is -0.722. The van der Waals surface area contributed by atoms with Gasteiger partial charge in [-0.15, -0.1) is 5.10 Å². The number of esters is 1. The van der Waals surface area contributed by atoms with E-state index in [0.717, 1.165) is 0 Å². The minimum absolute atomic E-state index is 0.100. The van der Waals surface area contributed by atoms with Crippen molar-refractivity contribution in [1.29, 1.82) is 0 Å². The summed E-state index contributed by atoms with van der Waals surface area (Å²) in [6, 6.07) is 12.3. The SMILES string of the molecule is CCOc1cc(C=CC(=O)OCC(=O)Nc2nnc(-c3ccccc3)o2)cc(Cl)c1OC. The molecule has 0 saturated heterocycles. The number of anilines is 1. The Kier molecular flexibility index (Phi) is 7.82. The lowest BCUT2D eigenvalue weighted by Gasteiger charge is -2.11. The fourth-order valence-electron chi connectivity index (χ4n) is 2.62. The Balaban J connectivity index is 1.53. The van der Waals surface area contributed by atoms with Gasteiger partial charge in [-0.25, -0.2) is 4.79 Å². The second kappa shape index (κ2) is 11.0. The van der Waals surface area contributed by atoms with Crippen LogP contribution in [0.15, 0.2) is 53.0 Å². The van der Waals surface area contributed by atoms with Crippen molar-refractivity contribution in [3.8, 4) is 23.0 Å². The molecule has 0 spiro atoms. The predicted molar refractivity (Wildman–Crippen MR) is 118 cm³/mol. The first-order valence-electron chi connectivity index (χ1n) is 9.54. The van der Waals surface area contributed by atoms with Crippen LogP contribution in [0.5, 0.6) is 11.5 Å². The maximum Gasteiger partial charge on any atom is 0.331 e. The average Bonchev–Trinajstić information content (AvgIpc) is 3.25. The van der Waals surface area contributed by atoms with Crippen molar-refractivity contribution in [2.24, 2.45) is 0 Å². The van der Waals surface area contributed by atoms with Gasteiger partial charge in [0.2, 0.25) is 5.89 Å². The summed E-state index contributed by atoms with van der Waals surface area (Å²) in [7, 11) is 1.48. The molecular formula is C22H20ClN3O6. The zero-order valence-electron chi connectivity index (χ0n) is 17.3. The molecule has 0 unspecified atom stereocenters. The van der Waals surface area contributed by atoms with Crippen molar-refractivity contribution in [2.45, 2.75) is 6.92 Å². The lowest BCUT2D eigenvalue weighted by Crippen LogP contribution is -2.20. The van der Waals surface area contributed by atoms with Crippen LogP contribution in [0.25, 0.3) is 17.5 Å². The normalized spacial score (nSPS) is 10.7. The monoisotopic (exact) mass is 457 g/mol. The van der Waals surface area contributed by atoms with Crippen LogP contribution in [0.2, 0.25) is 5.02 Å². The van der Waals surface area contributed by atoms with Crippen LogP contribution in [-0.4, -0.2) is 42.4 Å². The molecule has 32 heavy (non-hydrogen) atoms. The zero-order chi connectivity index (χ0) is 22.9. The fourth-order valence-corrected chi connectivity index (χ4v) is 2.92. The molecule has 10 heteroatoms. The smallest absolute Gasteiger partial charge is 0.331 e. The molecule has 1 N–H and O–H groups in total. The van der Waals surface area contributed by atoms with E-state index in [0.29, 0.717) is 34.3 Å². The van der Waals surface area contributed by atoms with Crippen molar-refractivity contribution in [2.75, 3.05) is 25.6 Å². The number of nitrogens with zero attached hydrogens (tertiary/aromatic N) is 2. The highest BCUT2D eigenvalue weighted by molar-refractivity contribution is 6.32. The molecule has 3 rings (SSSR count). The quantitative estimate of drug-likeness (QED) is 0.379. The number of benzene rings is 2. The Morgan fingerprint density at radius 1 is 1.19 bits per heavy atom. The van der Waals surface area contributed by atoms with E-state index in [4.69, 9.17) is 30.2 Å². The fraction of sp³-hybridized carbons (Fsp3) is 0.182. The second-order valence-electron chi connectivity index (χ2n) is 6.23. The van der Waals surface area contributed by atoms with E-state index in [-0.39, 0.29) is 11.9 Å². The van der Waals surface area contributed by atoms with Crippen molar-refractivity contribution in [1.82, 2.24) is 10.2 Å². The highest BCUT2D eigenvalue weighted by atomic mass is 35.5. The molecular weight excluding hydrogens is 438 g/mol. The number of nitrogens with one attached hydrogen (secondary N) is 1. The van der Waals surface area contributed by atoms with Gasteiger partial charge in [0.1, 0.15) is 0 Å². The van der Waals surface area contributed by atoms with Gasteiger partial charge in [-0.05, 0) is 42.8 Å². The zero-order valence-corrected chi connectivity index (χ0v) is 18.1. The minimum Gasteiger partial charge on any atom is -0.491 e. The molecule has 3 aromatic rings. The number of rotatable bonds is 9. The van der Waals surface area contributed by atoms with E-state index < -0.39 is 18.5 Å². The summed E-state index contributed by atoms with van der Waals surface area (Å²) in [4.78, 5) is 23.9. The Morgan fingerprint density at radius 3 is 2.69 bits per heavy atom. The van der Waals surface area contributed by atoms with Gasteiger partial charge >= 0.3 is 12.0 Å². The number of amides is 1. The average molecular weight is 458 g/mol. The molecule has 9 nitrogen and oxygen atoms in total. The van der Waals surface area contributed by atoms with Crippen LogP contribution in [0.3, 0.4) is 0 Å². The van der Waals surface area contributed by atoms with Crippen LogP contribution >= 0.6 is 11.6 Å². The van der Waals surface area contributed by atoms with E-state index in [1.165, 1.54) is 19.3 Å². The van der Waals surface area contributed by atoms with Gasteiger partial charge in [0, 0.05) is 11.6 Å². The topological polar surface area (TPSA) is 113 Å². The van der Waals surface area contributed by atoms with Gasteiger partial charge < -0.3 is 18.6 Å².